The Morgan fingerprint density at radius 2 is 1.76 bits per heavy atom. The van der Waals surface area contributed by atoms with E-state index in [4.69, 9.17) is 16.3 Å². The van der Waals surface area contributed by atoms with Crippen LogP contribution in [0.3, 0.4) is 0 Å². The van der Waals surface area contributed by atoms with Crippen LogP contribution in [0.5, 0.6) is 5.75 Å². The molecule has 88 valence electrons. The quantitative estimate of drug-likeness (QED) is 0.883. The summed E-state index contributed by atoms with van der Waals surface area (Å²) in [5.41, 5.74) is 2.13. The van der Waals surface area contributed by atoms with Gasteiger partial charge in [0, 0.05) is 6.54 Å². The molecule has 0 saturated carbocycles. The van der Waals surface area contributed by atoms with Crippen LogP contribution >= 0.6 is 11.6 Å². The van der Waals surface area contributed by atoms with E-state index in [-0.39, 0.29) is 0 Å². The monoisotopic (exact) mass is 247 g/mol. The van der Waals surface area contributed by atoms with Gasteiger partial charge in [-0.2, -0.15) is 0 Å². The number of nitrogens with one attached hydrogen (secondary N) is 1. The van der Waals surface area contributed by atoms with Crippen molar-refractivity contribution in [2.75, 3.05) is 12.4 Å². The molecule has 0 aliphatic carbocycles. The summed E-state index contributed by atoms with van der Waals surface area (Å²) in [5.74, 6) is 0.867. The Kier molecular flexibility index (Phi) is 3.89. The van der Waals surface area contributed by atoms with Crippen LogP contribution in [0.15, 0.2) is 48.5 Å². The van der Waals surface area contributed by atoms with Crippen LogP contribution in [-0.4, -0.2) is 7.11 Å². The van der Waals surface area contributed by atoms with Crippen LogP contribution in [0.2, 0.25) is 5.02 Å². The Morgan fingerprint density at radius 3 is 2.41 bits per heavy atom. The van der Waals surface area contributed by atoms with E-state index in [9.17, 15) is 0 Å². The van der Waals surface area contributed by atoms with E-state index in [0.29, 0.717) is 0 Å². The Hall–Kier alpha value is -1.67. The van der Waals surface area contributed by atoms with E-state index in [0.717, 1.165) is 23.0 Å². The molecule has 0 heterocycles. The highest BCUT2D eigenvalue weighted by Gasteiger charge is 1.98. The fourth-order valence-corrected chi connectivity index (χ4v) is 1.75. The van der Waals surface area contributed by atoms with Gasteiger partial charge >= 0.3 is 0 Å². The van der Waals surface area contributed by atoms with Gasteiger partial charge in [0.1, 0.15) is 5.75 Å². The summed E-state index contributed by atoms with van der Waals surface area (Å²) in [6.07, 6.45) is 0. The van der Waals surface area contributed by atoms with Gasteiger partial charge in [-0.3, -0.25) is 0 Å². The highest BCUT2D eigenvalue weighted by atomic mass is 35.5. The number of methoxy groups -OCH3 is 1. The third-order valence-corrected chi connectivity index (χ3v) is 2.85. The van der Waals surface area contributed by atoms with Crippen LogP contribution in [0, 0.1) is 0 Å². The second kappa shape index (κ2) is 5.60. The van der Waals surface area contributed by atoms with Crippen molar-refractivity contribution in [3.63, 3.8) is 0 Å². The van der Waals surface area contributed by atoms with E-state index >= 15 is 0 Å². The molecular formula is C14H14ClNO. The van der Waals surface area contributed by atoms with Crippen molar-refractivity contribution in [2.45, 2.75) is 6.54 Å². The number of hydrogen-bond donors (Lipinski definition) is 1. The normalized spacial score (nSPS) is 10.0. The molecule has 0 aromatic heterocycles. The largest absolute Gasteiger partial charge is 0.497 e. The first-order valence-electron chi connectivity index (χ1n) is 5.41. The standard InChI is InChI=1S/C14H14ClNO/c1-17-12-8-6-11(7-9-12)10-16-14-5-3-2-4-13(14)15/h2-9,16H,10H2,1H3. The summed E-state index contributed by atoms with van der Waals surface area (Å²) >= 11 is 6.06. The molecule has 0 unspecified atom stereocenters. The summed E-state index contributed by atoms with van der Waals surface area (Å²) in [6.45, 7) is 0.744. The maximum atomic E-state index is 6.06. The summed E-state index contributed by atoms with van der Waals surface area (Å²) in [6, 6.07) is 15.7. The summed E-state index contributed by atoms with van der Waals surface area (Å²) in [7, 11) is 1.66. The molecule has 2 aromatic rings. The molecule has 0 aliphatic heterocycles. The molecule has 1 N–H and O–H groups in total. The SMILES string of the molecule is COc1ccc(CNc2ccccc2Cl)cc1. The molecule has 0 saturated heterocycles. The summed E-state index contributed by atoms with van der Waals surface area (Å²) < 4.78 is 5.11. The molecule has 0 amide bonds. The maximum Gasteiger partial charge on any atom is 0.118 e. The van der Waals surface area contributed by atoms with Crippen LogP contribution in [-0.2, 0) is 6.54 Å². The van der Waals surface area contributed by atoms with Crippen LogP contribution in [0.1, 0.15) is 5.56 Å². The first kappa shape index (κ1) is 11.8. The zero-order valence-electron chi connectivity index (χ0n) is 9.61. The second-order valence-electron chi connectivity index (χ2n) is 3.68. The maximum absolute atomic E-state index is 6.06. The fraction of sp³-hybridized carbons (Fsp3) is 0.143. The van der Waals surface area contributed by atoms with Gasteiger partial charge in [-0.15, -0.1) is 0 Å². The average molecular weight is 248 g/mol. The van der Waals surface area contributed by atoms with Crippen molar-refractivity contribution in [2.24, 2.45) is 0 Å². The minimum absolute atomic E-state index is 0.737. The van der Waals surface area contributed by atoms with Crippen LogP contribution in [0.25, 0.3) is 0 Å². The third-order valence-electron chi connectivity index (χ3n) is 2.52. The lowest BCUT2D eigenvalue weighted by molar-refractivity contribution is 0.414. The van der Waals surface area contributed by atoms with Crippen LogP contribution in [0.4, 0.5) is 5.69 Å². The Balaban J connectivity index is 2.00. The predicted octanol–water partition coefficient (Wildman–Crippen LogP) is 3.96. The minimum Gasteiger partial charge on any atom is -0.497 e. The van der Waals surface area contributed by atoms with Crippen LogP contribution < -0.4 is 10.1 Å². The molecule has 0 aliphatic rings. The molecule has 0 fully saturated rings. The van der Waals surface area contributed by atoms with Gasteiger partial charge in [-0.05, 0) is 29.8 Å². The summed E-state index contributed by atoms with van der Waals surface area (Å²) in [5, 5.41) is 4.03. The zero-order valence-corrected chi connectivity index (χ0v) is 10.4. The number of halogens is 1. The molecule has 0 spiro atoms. The topological polar surface area (TPSA) is 21.3 Å². The average Bonchev–Trinajstić information content (AvgIpc) is 2.38. The lowest BCUT2D eigenvalue weighted by Crippen LogP contribution is -1.99. The van der Waals surface area contributed by atoms with Gasteiger partial charge in [-0.25, -0.2) is 0 Å². The van der Waals surface area contributed by atoms with Crippen molar-refractivity contribution < 1.29 is 4.74 Å². The van der Waals surface area contributed by atoms with Crippen molar-refractivity contribution in [1.29, 1.82) is 0 Å². The molecule has 0 atom stereocenters. The van der Waals surface area contributed by atoms with Crippen molar-refractivity contribution in [3.8, 4) is 5.75 Å². The van der Waals surface area contributed by atoms with Gasteiger partial charge < -0.3 is 10.1 Å². The number of rotatable bonds is 4. The first-order valence-corrected chi connectivity index (χ1v) is 5.79. The molecule has 2 aromatic carbocycles. The van der Waals surface area contributed by atoms with Gasteiger partial charge in [0.15, 0.2) is 0 Å². The van der Waals surface area contributed by atoms with Crippen molar-refractivity contribution in [3.05, 3.63) is 59.1 Å². The Morgan fingerprint density at radius 1 is 1.06 bits per heavy atom. The highest BCUT2D eigenvalue weighted by Crippen LogP contribution is 2.21. The molecule has 2 nitrogen and oxygen atoms in total. The Labute approximate surface area is 106 Å². The fourth-order valence-electron chi connectivity index (χ4n) is 1.55. The predicted molar refractivity (Wildman–Crippen MR) is 71.8 cm³/mol. The molecule has 0 bridgehead atoms. The second-order valence-corrected chi connectivity index (χ2v) is 4.09. The first-order chi connectivity index (χ1) is 8.29. The molecule has 0 radical (unpaired) electrons. The van der Waals surface area contributed by atoms with Gasteiger partial charge in [-0.1, -0.05) is 35.9 Å². The van der Waals surface area contributed by atoms with Gasteiger partial charge in [0.05, 0.1) is 17.8 Å². The minimum atomic E-state index is 0.737. The third kappa shape index (κ3) is 3.14. The molecule has 2 rings (SSSR count). The zero-order chi connectivity index (χ0) is 12.1. The van der Waals surface area contributed by atoms with Crippen molar-refractivity contribution >= 4 is 17.3 Å². The highest BCUT2D eigenvalue weighted by molar-refractivity contribution is 6.33. The van der Waals surface area contributed by atoms with E-state index in [1.54, 1.807) is 7.11 Å². The van der Waals surface area contributed by atoms with E-state index in [2.05, 4.69) is 5.32 Å². The van der Waals surface area contributed by atoms with E-state index < -0.39 is 0 Å². The van der Waals surface area contributed by atoms with Crippen molar-refractivity contribution in [1.82, 2.24) is 0 Å². The molecular weight excluding hydrogens is 234 g/mol. The lowest BCUT2D eigenvalue weighted by atomic mass is 10.2. The van der Waals surface area contributed by atoms with E-state index in [1.807, 2.05) is 48.5 Å². The van der Waals surface area contributed by atoms with Gasteiger partial charge in [0.25, 0.3) is 0 Å². The number of ether oxygens (including phenoxy) is 1. The summed E-state index contributed by atoms with van der Waals surface area (Å²) in [4.78, 5) is 0. The van der Waals surface area contributed by atoms with Gasteiger partial charge in [0.2, 0.25) is 0 Å². The lowest BCUT2D eigenvalue weighted by Gasteiger charge is -2.08. The Bertz CT molecular complexity index is 482. The molecule has 17 heavy (non-hydrogen) atoms. The van der Waals surface area contributed by atoms with E-state index in [1.165, 1.54) is 5.56 Å². The molecule has 3 heteroatoms. The number of anilines is 1. The number of para-hydroxylation sites is 1. The number of benzene rings is 2. The number of hydrogen-bond acceptors (Lipinski definition) is 2. The smallest absolute Gasteiger partial charge is 0.118 e.